The number of aliphatic hydroxyl groups is 1. The minimum atomic E-state index is -1.01. The summed E-state index contributed by atoms with van der Waals surface area (Å²) < 4.78 is 14.9. The quantitative estimate of drug-likeness (QED) is 0.516. The smallest absolute Gasteiger partial charge is 0.250 e. The van der Waals surface area contributed by atoms with Crippen LogP contribution in [0.15, 0.2) is 0 Å². The van der Waals surface area contributed by atoms with Crippen molar-refractivity contribution in [2.24, 2.45) is 0 Å². The molecule has 0 amide bonds. The van der Waals surface area contributed by atoms with E-state index in [4.69, 9.17) is 14.2 Å². The lowest BCUT2D eigenvalue weighted by atomic mass is 10.1. The molecule has 3 rings (SSSR count). The number of hydrogen-bond acceptors (Lipinski definition) is 4. The third-order valence-corrected chi connectivity index (χ3v) is 2.20. The highest BCUT2D eigenvalue weighted by Gasteiger charge is 2.81. The van der Waals surface area contributed by atoms with E-state index in [1.165, 1.54) is 0 Å². The maximum absolute atomic E-state index is 9.50. The Morgan fingerprint density at radius 1 is 1.60 bits per heavy atom. The van der Waals surface area contributed by atoms with Crippen LogP contribution in [0.5, 0.6) is 0 Å². The molecule has 0 aromatic heterocycles. The molecule has 0 radical (unpaired) electrons. The summed E-state index contributed by atoms with van der Waals surface area (Å²) in [4.78, 5) is 0. The molecule has 10 heavy (non-hydrogen) atoms. The molecule has 3 aliphatic rings. The largest absolute Gasteiger partial charge is 0.373 e. The number of ether oxygens (including phenoxy) is 3. The molecule has 1 spiro atoms. The van der Waals surface area contributed by atoms with Crippen molar-refractivity contribution in [3.63, 3.8) is 0 Å². The van der Waals surface area contributed by atoms with Gasteiger partial charge >= 0.3 is 0 Å². The van der Waals surface area contributed by atoms with Crippen molar-refractivity contribution in [1.82, 2.24) is 0 Å². The molecular formula is C6H8O4. The van der Waals surface area contributed by atoms with Gasteiger partial charge in [0, 0.05) is 6.42 Å². The summed E-state index contributed by atoms with van der Waals surface area (Å²) in [5, 5.41) is 9.50. The van der Waals surface area contributed by atoms with Crippen LogP contribution >= 0.6 is 0 Å². The highest BCUT2D eigenvalue weighted by Crippen LogP contribution is 2.59. The molecule has 0 aromatic rings. The molecule has 3 saturated heterocycles. The number of hydrogen-bond donors (Lipinski definition) is 1. The molecule has 4 nitrogen and oxygen atoms in total. The Labute approximate surface area is 57.7 Å². The van der Waals surface area contributed by atoms with Gasteiger partial charge in [0.1, 0.15) is 6.61 Å². The van der Waals surface area contributed by atoms with E-state index in [0.717, 1.165) is 6.61 Å². The Hall–Kier alpha value is -0.160. The second-order valence-electron chi connectivity index (χ2n) is 3.09. The Kier molecular flexibility index (Phi) is 0.686. The maximum Gasteiger partial charge on any atom is 0.250 e. The zero-order chi connectivity index (χ0) is 6.82. The third kappa shape index (κ3) is 0.549. The van der Waals surface area contributed by atoms with Crippen molar-refractivity contribution in [3.8, 4) is 0 Å². The molecule has 1 N–H and O–H groups in total. The van der Waals surface area contributed by atoms with Crippen molar-refractivity contribution in [1.29, 1.82) is 0 Å². The molecule has 3 aliphatic heterocycles. The molecule has 4 heteroatoms. The Morgan fingerprint density at radius 3 is 2.70 bits per heavy atom. The van der Waals surface area contributed by atoms with Gasteiger partial charge < -0.3 is 19.3 Å². The Morgan fingerprint density at radius 2 is 2.30 bits per heavy atom. The van der Waals surface area contributed by atoms with Gasteiger partial charge in [-0.2, -0.15) is 0 Å². The molecular weight excluding hydrogens is 136 g/mol. The van der Waals surface area contributed by atoms with E-state index in [9.17, 15) is 5.11 Å². The third-order valence-electron chi connectivity index (χ3n) is 2.20. The van der Waals surface area contributed by atoms with Crippen molar-refractivity contribution < 1.29 is 19.3 Å². The molecule has 3 atom stereocenters. The van der Waals surface area contributed by atoms with E-state index in [-0.39, 0.29) is 6.10 Å². The van der Waals surface area contributed by atoms with E-state index in [1.54, 1.807) is 0 Å². The van der Waals surface area contributed by atoms with Gasteiger partial charge in [0.2, 0.25) is 5.79 Å². The monoisotopic (exact) mass is 144 g/mol. The molecule has 0 aliphatic carbocycles. The highest BCUT2D eigenvalue weighted by molar-refractivity contribution is 5.11. The molecule has 56 valence electrons. The summed E-state index contributed by atoms with van der Waals surface area (Å²) in [5.41, 5.74) is 0. The second-order valence-corrected chi connectivity index (χ2v) is 3.09. The minimum absolute atomic E-state index is 0.202. The SMILES string of the molecule is OC1(CC2CO2)OC12CO2. The average molecular weight is 144 g/mol. The zero-order valence-corrected chi connectivity index (χ0v) is 5.37. The number of rotatable bonds is 2. The first-order valence-electron chi connectivity index (χ1n) is 3.42. The van der Waals surface area contributed by atoms with Gasteiger partial charge in [-0.1, -0.05) is 0 Å². The zero-order valence-electron chi connectivity index (χ0n) is 5.37. The van der Waals surface area contributed by atoms with E-state index in [1.807, 2.05) is 0 Å². The van der Waals surface area contributed by atoms with Gasteiger partial charge in [0.15, 0.2) is 0 Å². The van der Waals surface area contributed by atoms with Crippen molar-refractivity contribution >= 4 is 0 Å². The van der Waals surface area contributed by atoms with Crippen molar-refractivity contribution in [2.45, 2.75) is 24.1 Å². The molecule has 3 fully saturated rings. The summed E-state index contributed by atoms with van der Waals surface area (Å²) in [6.07, 6.45) is 0.765. The normalized spacial score (nSPS) is 62.7. The topological polar surface area (TPSA) is 57.8 Å². The van der Waals surface area contributed by atoms with Crippen molar-refractivity contribution in [2.75, 3.05) is 13.2 Å². The van der Waals surface area contributed by atoms with Crippen LogP contribution in [0.3, 0.4) is 0 Å². The van der Waals surface area contributed by atoms with Gasteiger partial charge in [0.25, 0.3) is 5.79 Å². The van der Waals surface area contributed by atoms with Crippen LogP contribution in [-0.4, -0.2) is 36.0 Å². The summed E-state index contributed by atoms with van der Waals surface area (Å²) in [6.45, 7) is 1.29. The van der Waals surface area contributed by atoms with Crippen LogP contribution in [0.4, 0.5) is 0 Å². The predicted octanol–water partition coefficient (Wildman–Crippen LogP) is -0.779. The molecule has 0 saturated carbocycles. The first-order chi connectivity index (χ1) is 4.74. The summed E-state index contributed by atoms with van der Waals surface area (Å²) in [7, 11) is 0. The van der Waals surface area contributed by atoms with Gasteiger partial charge in [-0.05, 0) is 0 Å². The van der Waals surface area contributed by atoms with Crippen LogP contribution in [0.2, 0.25) is 0 Å². The molecule has 0 aromatic carbocycles. The summed E-state index contributed by atoms with van der Waals surface area (Å²) in [6, 6.07) is 0. The van der Waals surface area contributed by atoms with E-state index in [2.05, 4.69) is 0 Å². The van der Waals surface area contributed by atoms with E-state index in [0.29, 0.717) is 13.0 Å². The highest BCUT2D eigenvalue weighted by atomic mass is 16.9. The second kappa shape index (κ2) is 1.25. The average Bonchev–Trinajstić information content (AvgIpc) is 2.53. The molecule has 3 unspecified atom stereocenters. The van der Waals surface area contributed by atoms with Crippen LogP contribution in [0.1, 0.15) is 6.42 Å². The first-order valence-corrected chi connectivity index (χ1v) is 3.42. The fraction of sp³-hybridized carbons (Fsp3) is 1.00. The van der Waals surface area contributed by atoms with Gasteiger partial charge in [-0.3, -0.25) is 0 Å². The summed E-state index contributed by atoms with van der Waals surface area (Å²) >= 11 is 0. The lowest BCUT2D eigenvalue weighted by Gasteiger charge is -1.97. The van der Waals surface area contributed by atoms with Crippen molar-refractivity contribution in [3.05, 3.63) is 0 Å². The van der Waals surface area contributed by atoms with Gasteiger partial charge in [0.05, 0.1) is 12.7 Å². The van der Waals surface area contributed by atoms with Gasteiger partial charge in [-0.25, -0.2) is 0 Å². The fourth-order valence-electron chi connectivity index (χ4n) is 1.29. The van der Waals surface area contributed by atoms with Gasteiger partial charge in [-0.15, -0.1) is 0 Å². The number of epoxide rings is 3. The lowest BCUT2D eigenvalue weighted by Crippen LogP contribution is -2.18. The summed E-state index contributed by atoms with van der Waals surface area (Å²) in [5.74, 6) is -1.60. The molecule has 0 bridgehead atoms. The maximum atomic E-state index is 9.50. The Balaban J connectivity index is 1.69. The minimum Gasteiger partial charge on any atom is -0.373 e. The van der Waals surface area contributed by atoms with Crippen LogP contribution in [-0.2, 0) is 14.2 Å². The molecule has 3 heterocycles. The van der Waals surface area contributed by atoms with Crippen LogP contribution in [0.25, 0.3) is 0 Å². The van der Waals surface area contributed by atoms with Crippen LogP contribution in [0, 0.1) is 0 Å². The lowest BCUT2D eigenvalue weighted by molar-refractivity contribution is 0.0218. The Bertz CT molecular complexity index is 184. The van der Waals surface area contributed by atoms with Crippen LogP contribution < -0.4 is 0 Å². The standard InChI is InChI=1S/C6H8O4/c7-5(1-4-2-8-4)6(10-5)3-9-6/h4,7H,1-3H2. The predicted molar refractivity (Wildman–Crippen MR) is 29.1 cm³/mol. The first kappa shape index (κ1) is 5.49. The fourth-order valence-corrected chi connectivity index (χ4v) is 1.29. The van der Waals surface area contributed by atoms with E-state index < -0.39 is 11.6 Å². The van der Waals surface area contributed by atoms with E-state index >= 15 is 0 Å².